The topological polar surface area (TPSA) is 61.1 Å². The van der Waals surface area contributed by atoms with E-state index in [4.69, 9.17) is 0 Å². The molecule has 105 valence electrons. The third-order valence-corrected chi connectivity index (χ3v) is 3.39. The standard InChI is InChI=1S/C8H11N2O2S.C6H5.Y/c1-2-13(11,12)10-7-8-4-3-5-9-6-8;1-2-4-6-5-3-1;/h3-6H,2,7H2,1H3;1-5H;/q2*-1;. The molecular weight excluding hydrogens is 349 g/mol. The molecule has 1 radical (unpaired) electrons. The summed E-state index contributed by atoms with van der Waals surface area (Å²) >= 11 is 0. The van der Waals surface area contributed by atoms with Crippen LogP contribution in [0.1, 0.15) is 12.5 Å². The quantitative estimate of drug-likeness (QED) is 0.783. The molecule has 0 atom stereocenters. The second-order valence-corrected chi connectivity index (χ2v) is 5.60. The van der Waals surface area contributed by atoms with E-state index in [0.29, 0.717) is 0 Å². The molecule has 1 aromatic carbocycles. The summed E-state index contributed by atoms with van der Waals surface area (Å²) in [5.74, 6) is 0.0489. The van der Waals surface area contributed by atoms with E-state index in [1.54, 1.807) is 31.5 Å². The number of rotatable bonds is 4. The first kappa shape index (κ1) is 19.4. The van der Waals surface area contributed by atoms with Crippen LogP contribution in [-0.4, -0.2) is 19.2 Å². The Bertz CT molecular complexity index is 521. The first-order valence-electron chi connectivity index (χ1n) is 5.85. The van der Waals surface area contributed by atoms with Gasteiger partial charge in [-0.2, -0.15) is 36.4 Å². The minimum Gasteiger partial charge on any atom is -0.545 e. The first-order chi connectivity index (χ1) is 9.14. The summed E-state index contributed by atoms with van der Waals surface area (Å²) < 4.78 is 25.5. The molecule has 20 heavy (non-hydrogen) atoms. The van der Waals surface area contributed by atoms with Gasteiger partial charge in [-0.05, 0) is 11.6 Å². The minimum absolute atomic E-state index is 0. The van der Waals surface area contributed by atoms with E-state index in [1.807, 2.05) is 30.3 Å². The predicted octanol–water partition coefficient (Wildman–Crippen LogP) is 2.79. The molecule has 0 fully saturated rings. The summed E-state index contributed by atoms with van der Waals surface area (Å²) in [6.07, 6.45) is 3.24. The summed E-state index contributed by atoms with van der Waals surface area (Å²) in [5.41, 5.74) is 0.805. The molecule has 4 nitrogen and oxygen atoms in total. The van der Waals surface area contributed by atoms with Crippen LogP contribution in [0.15, 0.2) is 54.9 Å². The normalized spacial score (nSPS) is 9.85. The van der Waals surface area contributed by atoms with Crippen LogP contribution < -0.4 is 0 Å². The minimum atomic E-state index is -3.22. The zero-order chi connectivity index (χ0) is 14.0. The van der Waals surface area contributed by atoms with Gasteiger partial charge in [0.15, 0.2) is 0 Å². The van der Waals surface area contributed by atoms with Crippen molar-refractivity contribution in [1.82, 2.24) is 4.98 Å². The van der Waals surface area contributed by atoms with Gasteiger partial charge >= 0.3 is 0 Å². The molecule has 0 saturated carbocycles. The van der Waals surface area contributed by atoms with E-state index in [-0.39, 0.29) is 45.0 Å². The van der Waals surface area contributed by atoms with Gasteiger partial charge in [0.2, 0.25) is 0 Å². The largest absolute Gasteiger partial charge is 0.545 e. The SMILES string of the molecule is CCS(=O)(=O)[N-]Cc1cccnc1.[Y].[c-]1ccccc1. The summed E-state index contributed by atoms with van der Waals surface area (Å²) in [6.45, 7) is 1.76. The van der Waals surface area contributed by atoms with Crippen molar-refractivity contribution >= 4 is 10.0 Å². The summed E-state index contributed by atoms with van der Waals surface area (Å²) in [6, 6.07) is 16.0. The molecule has 0 aliphatic heterocycles. The van der Waals surface area contributed by atoms with Gasteiger partial charge in [0.25, 0.3) is 0 Å². The van der Waals surface area contributed by atoms with E-state index < -0.39 is 10.0 Å². The molecule has 1 heterocycles. The van der Waals surface area contributed by atoms with Gasteiger partial charge in [0, 0.05) is 50.9 Å². The van der Waals surface area contributed by atoms with E-state index >= 15 is 0 Å². The maximum absolute atomic E-state index is 11.0. The van der Waals surface area contributed by atoms with Crippen molar-refractivity contribution in [1.29, 1.82) is 0 Å². The molecule has 0 saturated heterocycles. The van der Waals surface area contributed by atoms with Crippen molar-refractivity contribution < 1.29 is 41.1 Å². The Hall–Kier alpha value is -0.616. The Morgan fingerprint density at radius 2 is 1.90 bits per heavy atom. The fraction of sp³-hybridized carbons (Fsp3) is 0.214. The molecule has 0 amide bonds. The average Bonchev–Trinajstić information content (AvgIpc) is 2.49. The molecule has 0 aliphatic rings. The average molecular weight is 365 g/mol. The van der Waals surface area contributed by atoms with E-state index in [2.05, 4.69) is 15.8 Å². The summed E-state index contributed by atoms with van der Waals surface area (Å²) in [5, 5.41) is 0. The van der Waals surface area contributed by atoms with Crippen LogP contribution in [0, 0.1) is 6.07 Å². The van der Waals surface area contributed by atoms with Crippen LogP contribution in [0.2, 0.25) is 0 Å². The van der Waals surface area contributed by atoms with Gasteiger partial charge < -0.3 is 4.72 Å². The molecule has 0 N–H and O–H groups in total. The van der Waals surface area contributed by atoms with Crippen LogP contribution in [0.4, 0.5) is 0 Å². The second-order valence-electron chi connectivity index (χ2n) is 3.60. The van der Waals surface area contributed by atoms with E-state index in [0.717, 1.165) is 5.56 Å². The number of hydrogen-bond donors (Lipinski definition) is 0. The van der Waals surface area contributed by atoms with Gasteiger partial charge in [-0.3, -0.25) is 4.98 Å². The molecule has 2 rings (SSSR count). The molecule has 6 heteroatoms. The van der Waals surface area contributed by atoms with Crippen LogP contribution in [0.3, 0.4) is 0 Å². The van der Waals surface area contributed by atoms with Crippen molar-refractivity contribution in [2.75, 3.05) is 5.75 Å². The smallest absolute Gasteiger partial charge is 0.0721 e. The Balaban J connectivity index is 0.000000434. The maximum atomic E-state index is 11.0. The van der Waals surface area contributed by atoms with Gasteiger partial charge in [-0.15, -0.1) is 6.54 Å². The van der Waals surface area contributed by atoms with Crippen molar-refractivity contribution in [2.45, 2.75) is 13.5 Å². The van der Waals surface area contributed by atoms with Gasteiger partial charge in [0.05, 0.1) is 10.0 Å². The van der Waals surface area contributed by atoms with E-state index in [1.165, 1.54) is 0 Å². The first-order valence-corrected chi connectivity index (χ1v) is 7.46. The molecule has 0 aliphatic carbocycles. The molecule has 0 spiro atoms. The van der Waals surface area contributed by atoms with Gasteiger partial charge in [-0.1, -0.05) is 13.0 Å². The number of nitrogens with zero attached hydrogens (tertiary/aromatic N) is 2. The molecule has 0 unspecified atom stereocenters. The van der Waals surface area contributed by atoms with Crippen LogP contribution >= 0.6 is 0 Å². The van der Waals surface area contributed by atoms with Crippen LogP contribution in [-0.2, 0) is 49.3 Å². The zero-order valence-corrected chi connectivity index (χ0v) is 15.0. The Kier molecular flexibility index (Phi) is 10.7. The van der Waals surface area contributed by atoms with Crippen molar-refractivity contribution in [3.63, 3.8) is 0 Å². The Labute approximate surface area is 146 Å². The molecule has 2 aromatic rings. The number of hydrogen-bond acceptors (Lipinski definition) is 3. The van der Waals surface area contributed by atoms with Crippen molar-refractivity contribution in [2.24, 2.45) is 0 Å². The van der Waals surface area contributed by atoms with Crippen LogP contribution in [0.5, 0.6) is 0 Å². The third-order valence-electron chi connectivity index (χ3n) is 2.14. The van der Waals surface area contributed by atoms with Crippen molar-refractivity contribution in [3.8, 4) is 0 Å². The van der Waals surface area contributed by atoms with Crippen molar-refractivity contribution in [3.05, 3.63) is 71.2 Å². The Morgan fingerprint density at radius 3 is 2.30 bits per heavy atom. The molecular formula is C14H16N2O2SY-2. The Morgan fingerprint density at radius 1 is 1.20 bits per heavy atom. The summed E-state index contributed by atoms with van der Waals surface area (Å²) in [4.78, 5) is 3.86. The number of pyridine rings is 1. The number of benzene rings is 1. The van der Waals surface area contributed by atoms with Gasteiger partial charge in [-0.25, -0.2) is 8.42 Å². The predicted molar refractivity (Wildman–Crippen MR) is 76.0 cm³/mol. The summed E-state index contributed by atoms with van der Waals surface area (Å²) in [7, 11) is -3.22. The maximum Gasteiger partial charge on any atom is 0.0721 e. The fourth-order valence-electron chi connectivity index (χ4n) is 1.10. The van der Waals surface area contributed by atoms with E-state index in [9.17, 15) is 8.42 Å². The molecule has 0 bridgehead atoms. The third kappa shape index (κ3) is 9.31. The second kappa shape index (κ2) is 11.1. The molecule has 1 aromatic heterocycles. The van der Waals surface area contributed by atoms with Crippen LogP contribution in [0.25, 0.3) is 4.72 Å². The fourth-order valence-corrected chi connectivity index (χ4v) is 1.63. The number of sulfonamides is 1. The zero-order valence-electron chi connectivity index (χ0n) is 11.3. The number of aromatic nitrogens is 1. The van der Waals surface area contributed by atoms with Gasteiger partial charge in [0.1, 0.15) is 0 Å². The monoisotopic (exact) mass is 365 g/mol.